The van der Waals surface area contributed by atoms with Gasteiger partial charge in [0.1, 0.15) is 0 Å². The van der Waals surface area contributed by atoms with E-state index in [4.69, 9.17) is 0 Å². The molecule has 0 spiro atoms. The van der Waals surface area contributed by atoms with Crippen LogP contribution in [0.1, 0.15) is 0 Å². The Kier molecular flexibility index (Phi) is 0.919. The third-order valence-corrected chi connectivity index (χ3v) is 35.8. The van der Waals surface area contributed by atoms with Gasteiger partial charge < -0.3 is 0 Å². The first-order valence-corrected chi connectivity index (χ1v) is 15.9. The molecule has 0 aromatic rings. The SMILES string of the molecule is [SiH3][Si]12CC[Si]([SiH3])(C1)C2. The lowest BCUT2D eigenvalue weighted by atomic mass is 11.0. The van der Waals surface area contributed by atoms with E-state index in [0.717, 1.165) is 0 Å². The number of fused-ring (bicyclic) bond motifs is 1. The molecule has 0 atom stereocenters. The van der Waals surface area contributed by atoms with E-state index in [9.17, 15) is 0 Å². The molecule has 46 valence electrons. The summed E-state index contributed by atoms with van der Waals surface area (Å²) in [5.74, 6) is 0. The van der Waals surface area contributed by atoms with Gasteiger partial charge in [-0.05, 0) is 19.5 Å². The Morgan fingerprint density at radius 2 is 1.25 bits per heavy atom. The molecule has 0 nitrogen and oxygen atoms in total. The van der Waals surface area contributed by atoms with Crippen molar-refractivity contribution in [2.45, 2.75) is 23.4 Å². The van der Waals surface area contributed by atoms with Crippen LogP contribution in [0.25, 0.3) is 0 Å². The van der Waals surface area contributed by atoms with Gasteiger partial charge in [-0.25, -0.2) is 0 Å². The molecule has 0 aromatic carbocycles. The number of hydrogen-bond donors (Lipinski definition) is 0. The van der Waals surface area contributed by atoms with Crippen LogP contribution in [0.15, 0.2) is 0 Å². The predicted molar refractivity (Wildman–Crippen MR) is 50.6 cm³/mol. The van der Waals surface area contributed by atoms with E-state index in [1.165, 1.54) is 0 Å². The highest BCUT2D eigenvalue weighted by molar-refractivity contribution is 7.45. The average Bonchev–Trinajstić information content (AvgIpc) is 1.88. The largest absolute Gasteiger partial charge is 0.0665 e. The van der Waals surface area contributed by atoms with Crippen molar-refractivity contribution in [3.63, 3.8) is 0 Å². The lowest BCUT2D eigenvalue weighted by Gasteiger charge is -2.40. The smallest absolute Gasteiger partial charge is 0.0304 e. The molecular formula is C4H14Si4. The van der Waals surface area contributed by atoms with Crippen molar-refractivity contribution >= 4 is 34.7 Å². The minimum Gasteiger partial charge on any atom is -0.0665 e. The van der Waals surface area contributed by atoms with Gasteiger partial charge in [0.15, 0.2) is 0 Å². The topological polar surface area (TPSA) is 0 Å². The Hall–Kier alpha value is 0.868. The number of hydrogen-bond acceptors (Lipinski definition) is 0. The monoisotopic (exact) mass is 174 g/mol. The van der Waals surface area contributed by atoms with Crippen LogP contribution < -0.4 is 0 Å². The summed E-state index contributed by atoms with van der Waals surface area (Å²) >= 11 is 0. The molecule has 0 aliphatic carbocycles. The van der Waals surface area contributed by atoms with Crippen molar-refractivity contribution in [3.8, 4) is 0 Å². The molecule has 0 radical (unpaired) electrons. The van der Waals surface area contributed by atoms with Crippen molar-refractivity contribution in [2.75, 3.05) is 0 Å². The fourth-order valence-corrected chi connectivity index (χ4v) is 74.6. The molecule has 3 fully saturated rings. The maximum absolute atomic E-state index is 1.92. The number of rotatable bonds is 0. The first-order chi connectivity index (χ1) is 3.62. The standard InChI is InChI=1S/C4H14Si4/c5-7-1-2-8(6,3-7)4-7/h1-4H2,5-6H3. The second-order valence-electron chi connectivity index (χ2n) is 4.47. The molecule has 3 saturated heterocycles. The normalized spacial score (nSPS) is 61.5. The fourth-order valence-electron chi connectivity index (χ4n) is 2.97. The highest BCUT2D eigenvalue weighted by atomic mass is 29.2. The van der Waals surface area contributed by atoms with Crippen LogP contribution in [0.3, 0.4) is 0 Å². The molecule has 8 heavy (non-hydrogen) atoms. The Labute approximate surface area is 58.5 Å². The summed E-state index contributed by atoms with van der Waals surface area (Å²) in [4.78, 5) is 0. The molecule has 0 amide bonds. The van der Waals surface area contributed by atoms with Gasteiger partial charge in [-0.1, -0.05) is 23.4 Å². The highest BCUT2D eigenvalue weighted by Gasteiger charge is 2.56. The van der Waals surface area contributed by atoms with Crippen molar-refractivity contribution in [1.82, 2.24) is 0 Å². The molecule has 0 N–H and O–H groups in total. The summed E-state index contributed by atoms with van der Waals surface area (Å²) in [7, 11) is 2.85. The average molecular weight is 174 g/mol. The van der Waals surface area contributed by atoms with Crippen molar-refractivity contribution in [1.29, 1.82) is 0 Å². The van der Waals surface area contributed by atoms with E-state index >= 15 is 0 Å². The zero-order chi connectivity index (χ0) is 5.83. The summed E-state index contributed by atoms with van der Waals surface area (Å²) in [6.45, 7) is 0. The molecule has 2 bridgehead atoms. The molecule has 0 unspecified atom stereocenters. The van der Waals surface area contributed by atoms with Crippen LogP contribution in [0, 0.1) is 0 Å². The van der Waals surface area contributed by atoms with Gasteiger partial charge in [0, 0.05) is 15.2 Å². The van der Waals surface area contributed by atoms with Crippen molar-refractivity contribution in [3.05, 3.63) is 0 Å². The van der Waals surface area contributed by atoms with E-state index in [1.807, 2.05) is 11.3 Å². The van der Waals surface area contributed by atoms with Crippen LogP contribution in [0.2, 0.25) is 23.4 Å². The summed E-state index contributed by atoms with van der Waals surface area (Å²) in [6, 6.07) is 3.60. The van der Waals surface area contributed by atoms with Gasteiger partial charge in [0.25, 0.3) is 0 Å². The lowest BCUT2D eigenvalue weighted by molar-refractivity contribution is 1.45. The maximum Gasteiger partial charge on any atom is 0.0304 e. The summed E-state index contributed by atoms with van der Waals surface area (Å²) in [6.07, 6.45) is 0. The van der Waals surface area contributed by atoms with Gasteiger partial charge >= 0.3 is 0 Å². The zero-order valence-electron chi connectivity index (χ0n) is 5.83. The molecular weight excluding hydrogens is 160 g/mol. The fraction of sp³-hybridized carbons (Fsp3) is 1.00. The minimum absolute atomic E-state index is 0.234. The molecule has 0 saturated carbocycles. The van der Waals surface area contributed by atoms with E-state index < -0.39 is 0 Å². The first kappa shape index (κ1) is 5.64. The second kappa shape index (κ2) is 1.30. The van der Waals surface area contributed by atoms with Crippen molar-refractivity contribution in [2.24, 2.45) is 0 Å². The maximum atomic E-state index is 1.92. The molecule has 3 aliphatic rings. The molecule has 3 aliphatic heterocycles. The van der Waals surface area contributed by atoms with Gasteiger partial charge in [-0.15, -0.1) is 0 Å². The molecule has 4 heteroatoms. The Bertz CT molecular complexity index is 112. The molecule has 3 rings (SSSR count). The van der Waals surface area contributed by atoms with E-state index in [-0.39, 0.29) is 15.2 Å². The summed E-state index contributed by atoms with van der Waals surface area (Å²) in [5, 5.41) is 0. The van der Waals surface area contributed by atoms with Gasteiger partial charge in [-0.2, -0.15) is 0 Å². The minimum atomic E-state index is -0.234. The van der Waals surface area contributed by atoms with Crippen molar-refractivity contribution < 1.29 is 0 Å². The van der Waals surface area contributed by atoms with Crippen LogP contribution in [0.4, 0.5) is 0 Å². The van der Waals surface area contributed by atoms with E-state index in [1.54, 1.807) is 31.6 Å². The molecule has 0 aromatic heterocycles. The lowest BCUT2D eigenvalue weighted by Crippen LogP contribution is -2.55. The van der Waals surface area contributed by atoms with Crippen LogP contribution >= 0.6 is 0 Å². The zero-order valence-corrected chi connectivity index (χ0v) is 11.8. The van der Waals surface area contributed by atoms with Crippen LogP contribution in [-0.2, 0) is 0 Å². The van der Waals surface area contributed by atoms with Gasteiger partial charge in [0.05, 0.1) is 0 Å². The highest BCUT2D eigenvalue weighted by Crippen LogP contribution is 2.50. The van der Waals surface area contributed by atoms with E-state index in [0.29, 0.717) is 0 Å². The first-order valence-electron chi connectivity index (χ1n) is 3.62. The third-order valence-electron chi connectivity index (χ3n) is 3.04. The second-order valence-corrected chi connectivity index (χ2v) is 28.3. The van der Waals surface area contributed by atoms with Crippen LogP contribution in [-0.4, -0.2) is 34.7 Å². The van der Waals surface area contributed by atoms with Crippen LogP contribution in [0.5, 0.6) is 0 Å². The van der Waals surface area contributed by atoms with Gasteiger partial charge in [-0.3, -0.25) is 0 Å². The Balaban J connectivity index is 2.22. The summed E-state index contributed by atoms with van der Waals surface area (Å²) < 4.78 is 0. The van der Waals surface area contributed by atoms with Gasteiger partial charge in [0.2, 0.25) is 0 Å². The molecule has 3 heterocycles. The third kappa shape index (κ3) is 0.599. The summed E-state index contributed by atoms with van der Waals surface area (Å²) in [5.41, 5.74) is 3.83. The Morgan fingerprint density at radius 3 is 1.38 bits per heavy atom. The van der Waals surface area contributed by atoms with E-state index in [2.05, 4.69) is 0 Å². The Morgan fingerprint density at radius 1 is 0.875 bits per heavy atom. The quantitative estimate of drug-likeness (QED) is 0.401. The predicted octanol–water partition coefficient (Wildman–Crippen LogP) is -1.29.